The molecule has 3 rings (SSSR count). The number of rotatable bonds is 2. The minimum atomic E-state index is -0.102. The first kappa shape index (κ1) is 12.3. The number of fused-ring (bicyclic) bond motifs is 1. The third-order valence-electron chi connectivity index (χ3n) is 4.06. The number of hydrogen-bond donors (Lipinski definition) is 0. The Kier molecular flexibility index (Phi) is 3.05. The number of carbonyl (C=O) groups excluding carboxylic acids is 1. The molecule has 0 aliphatic heterocycles. The fourth-order valence-electron chi connectivity index (χ4n) is 2.91. The lowest BCUT2D eigenvalue weighted by atomic mass is 9.79. The lowest BCUT2D eigenvalue weighted by molar-refractivity contribution is -0.125. The summed E-state index contributed by atoms with van der Waals surface area (Å²) in [4.78, 5) is 25.4. The van der Waals surface area contributed by atoms with Crippen molar-refractivity contribution in [3.63, 3.8) is 0 Å². The summed E-state index contributed by atoms with van der Waals surface area (Å²) in [5.74, 6) is 0.337. The largest absolute Gasteiger partial charge is 0.315 e. The molecular formula is C14H18N4O. The third kappa shape index (κ3) is 1.93. The van der Waals surface area contributed by atoms with Crippen molar-refractivity contribution in [1.29, 1.82) is 0 Å². The Morgan fingerprint density at radius 1 is 1.32 bits per heavy atom. The van der Waals surface area contributed by atoms with Crippen LogP contribution in [0.2, 0.25) is 0 Å². The molecule has 2 aromatic rings. The number of aryl methyl sites for hydroxylation is 1. The Balaban J connectivity index is 2.09. The maximum atomic E-state index is 12.4. The van der Waals surface area contributed by atoms with Crippen LogP contribution in [0.1, 0.15) is 44.7 Å². The van der Waals surface area contributed by atoms with E-state index >= 15 is 0 Å². The Labute approximate surface area is 112 Å². The molecule has 0 bridgehead atoms. The van der Waals surface area contributed by atoms with Gasteiger partial charge in [-0.3, -0.25) is 4.79 Å². The normalized spacial score (nSPS) is 24.0. The van der Waals surface area contributed by atoms with Crippen molar-refractivity contribution in [3.8, 4) is 0 Å². The van der Waals surface area contributed by atoms with Gasteiger partial charge in [0.15, 0.2) is 5.65 Å². The van der Waals surface area contributed by atoms with E-state index in [-0.39, 0.29) is 11.8 Å². The fourth-order valence-corrected chi connectivity index (χ4v) is 2.91. The van der Waals surface area contributed by atoms with Crippen LogP contribution in [0.25, 0.3) is 11.2 Å². The van der Waals surface area contributed by atoms with Gasteiger partial charge in [-0.25, -0.2) is 15.0 Å². The van der Waals surface area contributed by atoms with Gasteiger partial charge in [0.05, 0.1) is 17.9 Å². The van der Waals surface area contributed by atoms with E-state index in [1.807, 2.05) is 11.5 Å². The summed E-state index contributed by atoms with van der Waals surface area (Å²) in [5, 5.41) is 0. The van der Waals surface area contributed by atoms with Gasteiger partial charge in [0.1, 0.15) is 17.6 Å². The molecule has 2 aromatic heterocycles. The highest BCUT2D eigenvalue weighted by Gasteiger charge is 2.32. The van der Waals surface area contributed by atoms with Crippen LogP contribution in [0.5, 0.6) is 0 Å². The zero-order valence-corrected chi connectivity index (χ0v) is 11.3. The lowest BCUT2D eigenvalue weighted by Gasteiger charge is -2.24. The van der Waals surface area contributed by atoms with Gasteiger partial charge < -0.3 is 4.57 Å². The van der Waals surface area contributed by atoms with Gasteiger partial charge in [-0.15, -0.1) is 0 Å². The second-order valence-corrected chi connectivity index (χ2v) is 5.25. The molecule has 100 valence electrons. The molecule has 0 saturated heterocycles. The summed E-state index contributed by atoms with van der Waals surface area (Å²) in [6.07, 6.45) is 6.29. The number of nitrogens with zero attached hydrogens (tertiary/aromatic N) is 4. The van der Waals surface area contributed by atoms with Crippen molar-refractivity contribution in [2.24, 2.45) is 5.92 Å². The zero-order chi connectivity index (χ0) is 13.4. The molecule has 0 aromatic carbocycles. The Morgan fingerprint density at radius 2 is 2.16 bits per heavy atom. The minimum absolute atomic E-state index is 0.102. The number of Topliss-reactive ketones (excluding diaryl/α,β-unsaturated/α-hetero) is 1. The molecule has 2 heterocycles. The first-order valence-corrected chi connectivity index (χ1v) is 6.91. The molecule has 0 spiro atoms. The van der Waals surface area contributed by atoms with E-state index < -0.39 is 0 Å². The molecule has 0 amide bonds. The summed E-state index contributed by atoms with van der Waals surface area (Å²) in [6.45, 7) is 4.89. The highest BCUT2D eigenvalue weighted by Crippen LogP contribution is 2.34. The Morgan fingerprint density at radius 3 is 2.95 bits per heavy atom. The van der Waals surface area contributed by atoms with E-state index in [0.717, 1.165) is 42.7 Å². The summed E-state index contributed by atoms with van der Waals surface area (Å²) in [5.41, 5.74) is 2.43. The van der Waals surface area contributed by atoms with Crippen LogP contribution >= 0.6 is 0 Å². The minimum Gasteiger partial charge on any atom is -0.315 e. The van der Waals surface area contributed by atoms with Gasteiger partial charge in [0.2, 0.25) is 0 Å². The van der Waals surface area contributed by atoms with Crippen molar-refractivity contribution < 1.29 is 4.79 Å². The SMILES string of the molecule is CCn1cnc2c(C3CCCC(C)C3=O)ncnc21. The van der Waals surface area contributed by atoms with Crippen LogP contribution in [-0.2, 0) is 11.3 Å². The van der Waals surface area contributed by atoms with E-state index in [9.17, 15) is 4.79 Å². The van der Waals surface area contributed by atoms with Crippen LogP contribution in [0.3, 0.4) is 0 Å². The topological polar surface area (TPSA) is 60.7 Å². The van der Waals surface area contributed by atoms with Crippen LogP contribution in [0, 0.1) is 5.92 Å². The number of hydrogen-bond acceptors (Lipinski definition) is 4. The maximum absolute atomic E-state index is 12.4. The van der Waals surface area contributed by atoms with E-state index in [1.165, 1.54) is 0 Å². The molecule has 5 nitrogen and oxygen atoms in total. The van der Waals surface area contributed by atoms with Gasteiger partial charge in [-0.2, -0.15) is 0 Å². The first-order chi connectivity index (χ1) is 9.22. The van der Waals surface area contributed by atoms with Crippen molar-refractivity contribution in [3.05, 3.63) is 18.3 Å². The summed E-state index contributed by atoms with van der Waals surface area (Å²) >= 11 is 0. The number of ketones is 1. The molecule has 1 aliphatic carbocycles. The van der Waals surface area contributed by atoms with Crippen LogP contribution in [-0.4, -0.2) is 25.3 Å². The van der Waals surface area contributed by atoms with E-state index in [0.29, 0.717) is 5.78 Å². The molecule has 2 atom stereocenters. The molecular weight excluding hydrogens is 240 g/mol. The summed E-state index contributed by atoms with van der Waals surface area (Å²) in [6, 6.07) is 0. The van der Waals surface area contributed by atoms with Gasteiger partial charge in [-0.05, 0) is 19.8 Å². The molecule has 5 heteroatoms. The lowest BCUT2D eigenvalue weighted by Crippen LogP contribution is -2.25. The third-order valence-corrected chi connectivity index (χ3v) is 4.06. The van der Waals surface area contributed by atoms with E-state index in [2.05, 4.69) is 21.9 Å². The van der Waals surface area contributed by atoms with Gasteiger partial charge in [0, 0.05) is 12.5 Å². The standard InChI is InChI=1S/C14H18N4O/c1-3-18-8-17-12-11(15-7-16-14(12)18)10-6-4-5-9(2)13(10)19/h7-10H,3-6H2,1-2H3. The molecule has 19 heavy (non-hydrogen) atoms. The highest BCUT2D eigenvalue weighted by atomic mass is 16.1. The quantitative estimate of drug-likeness (QED) is 0.829. The van der Waals surface area contributed by atoms with Crippen LogP contribution < -0.4 is 0 Å². The van der Waals surface area contributed by atoms with Crippen molar-refractivity contribution in [1.82, 2.24) is 19.5 Å². The predicted octanol–water partition coefficient (Wildman–Crippen LogP) is 2.32. The Hall–Kier alpha value is -1.78. The maximum Gasteiger partial charge on any atom is 0.163 e. The van der Waals surface area contributed by atoms with Crippen molar-refractivity contribution in [2.75, 3.05) is 0 Å². The molecule has 0 radical (unpaired) electrons. The average molecular weight is 258 g/mol. The smallest absolute Gasteiger partial charge is 0.163 e. The van der Waals surface area contributed by atoms with Crippen LogP contribution in [0.4, 0.5) is 0 Å². The monoisotopic (exact) mass is 258 g/mol. The number of imidazole rings is 1. The van der Waals surface area contributed by atoms with Crippen molar-refractivity contribution >= 4 is 16.9 Å². The number of carbonyl (C=O) groups is 1. The second kappa shape index (κ2) is 4.72. The first-order valence-electron chi connectivity index (χ1n) is 6.91. The predicted molar refractivity (Wildman–Crippen MR) is 71.8 cm³/mol. The number of aromatic nitrogens is 4. The Bertz CT molecular complexity index is 619. The highest BCUT2D eigenvalue weighted by molar-refractivity contribution is 5.91. The van der Waals surface area contributed by atoms with E-state index in [4.69, 9.17) is 0 Å². The van der Waals surface area contributed by atoms with Gasteiger partial charge >= 0.3 is 0 Å². The molecule has 1 aliphatic rings. The molecule has 0 N–H and O–H groups in total. The zero-order valence-electron chi connectivity index (χ0n) is 11.3. The van der Waals surface area contributed by atoms with Crippen molar-refractivity contribution in [2.45, 2.75) is 45.6 Å². The average Bonchev–Trinajstić information content (AvgIpc) is 2.85. The van der Waals surface area contributed by atoms with Gasteiger partial charge in [-0.1, -0.05) is 13.3 Å². The fraction of sp³-hybridized carbons (Fsp3) is 0.571. The van der Waals surface area contributed by atoms with E-state index in [1.54, 1.807) is 12.7 Å². The summed E-state index contributed by atoms with van der Waals surface area (Å²) in [7, 11) is 0. The molecule has 1 saturated carbocycles. The van der Waals surface area contributed by atoms with Crippen LogP contribution in [0.15, 0.2) is 12.7 Å². The molecule has 1 fully saturated rings. The second-order valence-electron chi connectivity index (χ2n) is 5.25. The summed E-state index contributed by atoms with van der Waals surface area (Å²) < 4.78 is 1.98. The molecule has 2 unspecified atom stereocenters. The van der Waals surface area contributed by atoms with Gasteiger partial charge in [0.25, 0.3) is 0 Å².